The lowest BCUT2D eigenvalue weighted by molar-refractivity contribution is -0.153. The first-order chi connectivity index (χ1) is 9.20. The van der Waals surface area contributed by atoms with Crippen LogP contribution in [0.15, 0.2) is 30.3 Å². The van der Waals surface area contributed by atoms with Gasteiger partial charge in [0.05, 0.1) is 13.2 Å². The second kappa shape index (κ2) is 8.02. The normalized spacial score (nSPS) is 19.2. The monoisotopic (exact) mass is 297 g/mol. The second-order valence-corrected chi connectivity index (χ2v) is 4.76. The van der Waals surface area contributed by atoms with Crippen molar-refractivity contribution < 1.29 is 14.3 Å². The van der Waals surface area contributed by atoms with Gasteiger partial charge in [0, 0.05) is 13.1 Å². The molecule has 0 unspecified atom stereocenters. The van der Waals surface area contributed by atoms with E-state index in [0.717, 1.165) is 13.1 Å². The summed E-state index contributed by atoms with van der Waals surface area (Å²) in [6.45, 7) is 3.92. The largest absolute Gasteiger partial charge is 0.465 e. The summed E-state index contributed by atoms with van der Waals surface area (Å²) in [6.07, 6.45) is 0.560. The zero-order valence-electron chi connectivity index (χ0n) is 11.6. The van der Waals surface area contributed by atoms with Gasteiger partial charge in [-0.15, -0.1) is 12.4 Å². The topological polar surface area (TPSA) is 46.6 Å². The number of benzene rings is 1. The Hall–Kier alpha value is -1.39. The molecule has 1 atom stereocenters. The van der Waals surface area contributed by atoms with Crippen molar-refractivity contribution in [2.75, 3.05) is 19.7 Å². The van der Waals surface area contributed by atoms with Gasteiger partial charge in [-0.05, 0) is 18.9 Å². The summed E-state index contributed by atoms with van der Waals surface area (Å²) in [6, 6.07) is 10.0. The summed E-state index contributed by atoms with van der Waals surface area (Å²) in [5.74, 6) is -0.959. The Kier molecular flexibility index (Phi) is 6.68. The van der Waals surface area contributed by atoms with Gasteiger partial charge in [0.15, 0.2) is 5.78 Å². The lowest BCUT2D eigenvalue weighted by atomic mass is 9.95. The van der Waals surface area contributed by atoms with Crippen LogP contribution in [0.3, 0.4) is 0 Å². The van der Waals surface area contributed by atoms with E-state index in [-0.39, 0.29) is 24.2 Å². The Morgan fingerprint density at radius 2 is 2.05 bits per heavy atom. The SMILES string of the molecule is CCOC(=O)[C@H]1CCN(Cc2ccccc2)CC1=O.Cl. The molecule has 20 heavy (non-hydrogen) atoms. The lowest BCUT2D eigenvalue weighted by Gasteiger charge is -2.29. The molecule has 0 saturated carbocycles. The third-order valence-electron chi connectivity index (χ3n) is 3.32. The molecule has 0 radical (unpaired) electrons. The Balaban J connectivity index is 0.00000200. The highest BCUT2D eigenvalue weighted by molar-refractivity contribution is 6.00. The number of hydrogen-bond acceptors (Lipinski definition) is 4. The molecule has 0 bridgehead atoms. The fourth-order valence-corrected chi connectivity index (χ4v) is 2.35. The van der Waals surface area contributed by atoms with Crippen molar-refractivity contribution in [1.29, 1.82) is 0 Å². The molecule has 2 rings (SSSR count). The van der Waals surface area contributed by atoms with Crippen LogP contribution in [0.1, 0.15) is 18.9 Å². The molecule has 1 aliphatic heterocycles. The third kappa shape index (κ3) is 4.32. The number of nitrogens with zero attached hydrogens (tertiary/aromatic N) is 1. The predicted molar refractivity (Wildman–Crippen MR) is 78.7 cm³/mol. The first-order valence-corrected chi connectivity index (χ1v) is 6.66. The van der Waals surface area contributed by atoms with Gasteiger partial charge in [0.2, 0.25) is 0 Å². The maximum Gasteiger partial charge on any atom is 0.316 e. The molecule has 0 aliphatic carbocycles. The highest BCUT2D eigenvalue weighted by atomic mass is 35.5. The molecule has 0 amide bonds. The fourth-order valence-electron chi connectivity index (χ4n) is 2.35. The summed E-state index contributed by atoms with van der Waals surface area (Å²) >= 11 is 0. The van der Waals surface area contributed by atoms with Gasteiger partial charge in [-0.25, -0.2) is 0 Å². The number of esters is 1. The predicted octanol–water partition coefficient (Wildman–Crippen LogP) is 2.06. The molecule has 1 heterocycles. The Morgan fingerprint density at radius 3 is 2.65 bits per heavy atom. The molecule has 4 nitrogen and oxygen atoms in total. The molecule has 110 valence electrons. The van der Waals surface area contributed by atoms with Crippen LogP contribution < -0.4 is 0 Å². The van der Waals surface area contributed by atoms with Crippen LogP contribution in [0.5, 0.6) is 0 Å². The van der Waals surface area contributed by atoms with Crippen LogP contribution in [0.4, 0.5) is 0 Å². The van der Waals surface area contributed by atoms with Gasteiger partial charge < -0.3 is 4.74 Å². The Labute approximate surface area is 125 Å². The van der Waals surface area contributed by atoms with Crippen molar-refractivity contribution in [1.82, 2.24) is 4.90 Å². The molecule has 5 heteroatoms. The van der Waals surface area contributed by atoms with E-state index in [1.54, 1.807) is 6.92 Å². The highest BCUT2D eigenvalue weighted by Crippen LogP contribution is 2.17. The van der Waals surface area contributed by atoms with Crippen molar-refractivity contribution in [3.05, 3.63) is 35.9 Å². The molecular formula is C15H20ClNO3. The van der Waals surface area contributed by atoms with E-state index in [9.17, 15) is 9.59 Å². The van der Waals surface area contributed by atoms with Crippen molar-refractivity contribution in [2.24, 2.45) is 5.92 Å². The van der Waals surface area contributed by atoms with Crippen molar-refractivity contribution in [2.45, 2.75) is 19.9 Å². The highest BCUT2D eigenvalue weighted by Gasteiger charge is 2.33. The first-order valence-electron chi connectivity index (χ1n) is 6.66. The van der Waals surface area contributed by atoms with E-state index in [1.807, 2.05) is 30.3 Å². The quantitative estimate of drug-likeness (QED) is 0.630. The zero-order chi connectivity index (χ0) is 13.7. The van der Waals surface area contributed by atoms with Gasteiger partial charge in [0.25, 0.3) is 0 Å². The van der Waals surface area contributed by atoms with Gasteiger partial charge in [-0.2, -0.15) is 0 Å². The summed E-state index contributed by atoms with van der Waals surface area (Å²) < 4.78 is 4.93. The third-order valence-corrected chi connectivity index (χ3v) is 3.32. The number of hydrogen-bond donors (Lipinski definition) is 0. The van der Waals surface area contributed by atoms with Crippen molar-refractivity contribution >= 4 is 24.2 Å². The van der Waals surface area contributed by atoms with Crippen LogP contribution in [-0.2, 0) is 20.9 Å². The Bertz CT molecular complexity index is 450. The first kappa shape index (κ1) is 16.7. The number of carbonyl (C=O) groups excluding carboxylic acids is 2. The van der Waals surface area contributed by atoms with Gasteiger partial charge >= 0.3 is 5.97 Å². The molecule has 0 aromatic heterocycles. The maximum absolute atomic E-state index is 12.0. The van der Waals surface area contributed by atoms with E-state index >= 15 is 0 Å². The standard InChI is InChI=1S/C15H19NO3.ClH/c1-2-19-15(18)13-8-9-16(11-14(13)17)10-12-6-4-3-5-7-12;/h3-7,13H,2,8-11H2,1H3;1H/t13-;/m0./s1. The van der Waals surface area contributed by atoms with E-state index in [2.05, 4.69) is 4.90 Å². The Morgan fingerprint density at radius 1 is 1.35 bits per heavy atom. The van der Waals surface area contributed by atoms with Crippen LogP contribution in [0.25, 0.3) is 0 Å². The number of piperidine rings is 1. The summed E-state index contributed by atoms with van der Waals surface area (Å²) in [7, 11) is 0. The minimum atomic E-state index is -0.563. The van der Waals surface area contributed by atoms with Crippen LogP contribution in [0.2, 0.25) is 0 Å². The molecule has 0 N–H and O–H groups in total. The minimum absolute atomic E-state index is 0. The van der Waals surface area contributed by atoms with Crippen LogP contribution in [-0.4, -0.2) is 36.3 Å². The van der Waals surface area contributed by atoms with E-state index in [1.165, 1.54) is 5.56 Å². The number of halogens is 1. The molecule has 0 spiro atoms. The minimum Gasteiger partial charge on any atom is -0.465 e. The van der Waals surface area contributed by atoms with Gasteiger partial charge in [0.1, 0.15) is 5.92 Å². The number of likely N-dealkylation sites (tertiary alicyclic amines) is 1. The van der Waals surface area contributed by atoms with E-state index < -0.39 is 5.92 Å². The number of ketones is 1. The van der Waals surface area contributed by atoms with Crippen LogP contribution in [0, 0.1) is 5.92 Å². The summed E-state index contributed by atoms with van der Waals surface area (Å²) in [4.78, 5) is 25.7. The molecule has 1 aliphatic rings. The number of rotatable bonds is 4. The van der Waals surface area contributed by atoms with E-state index in [4.69, 9.17) is 4.74 Å². The van der Waals surface area contributed by atoms with Crippen molar-refractivity contribution in [3.63, 3.8) is 0 Å². The molecule has 1 fully saturated rings. The summed E-state index contributed by atoms with van der Waals surface area (Å²) in [5.41, 5.74) is 1.19. The number of ether oxygens (including phenoxy) is 1. The average Bonchev–Trinajstić information content (AvgIpc) is 2.40. The molecule has 1 aromatic carbocycles. The van der Waals surface area contributed by atoms with Crippen LogP contribution >= 0.6 is 12.4 Å². The molecule has 1 saturated heterocycles. The van der Waals surface area contributed by atoms with Gasteiger partial charge in [-0.1, -0.05) is 30.3 Å². The fraction of sp³-hybridized carbons (Fsp3) is 0.467. The number of Topliss-reactive ketones (excluding diaryl/α,β-unsaturated/α-hetero) is 1. The maximum atomic E-state index is 12.0. The second-order valence-electron chi connectivity index (χ2n) is 4.76. The zero-order valence-corrected chi connectivity index (χ0v) is 12.4. The van der Waals surface area contributed by atoms with Crippen molar-refractivity contribution in [3.8, 4) is 0 Å². The average molecular weight is 298 g/mol. The molecule has 1 aromatic rings. The summed E-state index contributed by atoms with van der Waals surface area (Å²) in [5, 5.41) is 0. The lowest BCUT2D eigenvalue weighted by Crippen LogP contribution is -2.43. The number of carbonyl (C=O) groups is 2. The molecular weight excluding hydrogens is 278 g/mol. The smallest absolute Gasteiger partial charge is 0.316 e. The van der Waals surface area contributed by atoms with E-state index in [0.29, 0.717) is 19.6 Å². The van der Waals surface area contributed by atoms with Gasteiger partial charge in [-0.3, -0.25) is 14.5 Å².